The van der Waals surface area contributed by atoms with Crippen LogP contribution in [0, 0.1) is 0 Å². The Hall–Kier alpha value is -1.19. The van der Waals surface area contributed by atoms with E-state index in [9.17, 15) is 4.79 Å². The highest BCUT2D eigenvalue weighted by atomic mass is 16.5. The van der Waals surface area contributed by atoms with Crippen molar-refractivity contribution in [2.75, 3.05) is 19.8 Å². The van der Waals surface area contributed by atoms with Crippen molar-refractivity contribution < 1.29 is 9.53 Å². The maximum atomic E-state index is 11.8. The summed E-state index contributed by atoms with van der Waals surface area (Å²) in [6.07, 6.45) is 1.41. The second-order valence-corrected chi connectivity index (χ2v) is 4.03. The standard InChI is InChI=1S/C13H17NO2/c15-13(12-10-16-9-8-14-12)7-6-11-4-2-1-3-5-11/h1-5,12,14H,6-10H2/t12-/m1/s1. The Morgan fingerprint density at radius 2 is 2.19 bits per heavy atom. The lowest BCUT2D eigenvalue weighted by atomic mass is 10.0. The van der Waals surface area contributed by atoms with Crippen LogP contribution >= 0.6 is 0 Å². The van der Waals surface area contributed by atoms with Crippen molar-refractivity contribution in [3.63, 3.8) is 0 Å². The van der Waals surface area contributed by atoms with Crippen LogP contribution in [0.15, 0.2) is 30.3 Å². The number of hydrogen-bond acceptors (Lipinski definition) is 3. The van der Waals surface area contributed by atoms with Crippen molar-refractivity contribution in [3.05, 3.63) is 35.9 Å². The topological polar surface area (TPSA) is 38.3 Å². The Balaban J connectivity index is 1.79. The minimum Gasteiger partial charge on any atom is -0.378 e. The van der Waals surface area contributed by atoms with Gasteiger partial charge in [-0.15, -0.1) is 0 Å². The highest BCUT2D eigenvalue weighted by Gasteiger charge is 2.20. The van der Waals surface area contributed by atoms with Gasteiger partial charge in [-0.25, -0.2) is 0 Å². The molecular formula is C13H17NO2. The molecule has 1 fully saturated rings. The molecule has 86 valence electrons. The number of carbonyl (C=O) groups is 1. The van der Waals surface area contributed by atoms with Crippen molar-refractivity contribution in [3.8, 4) is 0 Å². The van der Waals surface area contributed by atoms with Gasteiger partial charge >= 0.3 is 0 Å². The summed E-state index contributed by atoms with van der Waals surface area (Å²) in [6, 6.07) is 10.00. The smallest absolute Gasteiger partial charge is 0.152 e. The van der Waals surface area contributed by atoms with Crippen molar-refractivity contribution in [2.24, 2.45) is 0 Å². The SMILES string of the molecule is O=C(CCc1ccccc1)[C@H]1COCCN1. The quantitative estimate of drug-likeness (QED) is 0.826. The van der Waals surface area contributed by atoms with Gasteiger partial charge in [-0.2, -0.15) is 0 Å². The van der Waals surface area contributed by atoms with Gasteiger partial charge in [-0.1, -0.05) is 30.3 Å². The number of carbonyl (C=O) groups excluding carboxylic acids is 1. The second-order valence-electron chi connectivity index (χ2n) is 4.03. The normalized spacial score (nSPS) is 20.6. The van der Waals surface area contributed by atoms with Crippen LogP contribution in [0.2, 0.25) is 0 Å². The van der Waals surface area contributed by atoms with E-state index in [0.29, 0.717) is 19.6 Å². The lowest BCUT2D eigenvalue weighted by molar-refractivity contribution is -0.123. The molecular weight excluding hydrogens is 202 g/mol. The number of benzene rings is 1. The summed E-state index contributed by atoms with van der Waals surface area (Å²) in [7, 11) is 0. The van der Waals surface area contributed by atoms with Crippen molar-refractivity contribution in [1.82, 2.24) is 5.32 Å². The molecule has 0 unspecified atom stereocenters. The van der Waals surface area contributed by atoms with Gasteiger partial charge in [0.25, 0.3) is 0 Å². The number of ketones is 1. The van der Waals surface area contributed by atoms with Gasteiger partial charge in [0.1, 0.15) is 0 Å². The molecule has 0 saturated carbocycles. The van der Waals surface area contributed by atoms with Crippen LogP contribution in [0.3, 0.4) is 0 Å². The molecule has 1 aliphatic rings. The average molecular weight is 219 g/mol. The average Bonchev–Trinajstić information content (AvgIpc) is 2.38. The summed E-state index contributed by atoms with van der Waals surface area (Å²) in [5.74, 6) is 0.253. The summed E-state index contributed by atoms with van der Waals surface area (Å²) < 4.78 is 5.27. The lowest BCUT2D eigenvalue weighted by Crippen LogP contribution is -2.46. The summed E-state index contributed by atoms with van der Waals surface area (Å²) >= 11 is 0. The highest BCUT2D eigenvalue weighted by molar-refractivity contribution is 5.84. The molecule has 1 aliphatic heterocycles. The maximum Gasteiger partial charge on any atom is 0.152 e. The molecule has 3 nitrogen and oxygen atoms in total. The van der Waals surface area contributed by atoms with E-state index >= 15 is 0 Å². The van der Waals surface area contributed by atoms with Crippen molar-refractivity contribution in [2.45, 2.75) is 18.9 Å². The van der Waals surface area contributed by atoms with E-state index in [1.54, 1.807) is 0 Å². The van der Waals surface area contributed by atoms with Crippen LogP contribution in [0.4, 0.5) is 0 Å². The number of nitrogens with one attached hydrogen (secondary N) is 1. The first kappa shape index (κ1) is 11.3. The summed E-state index contributed by atoms with van der Waals surface area (Å²) in [4.78, 5) is 11.8. The van der Waals surface area contributed by atoms with Gasteiger partial charge in [0.2, 0.25) is 0 Å². The first-order valence-corrected chi connectivity index (χ1v) is 5.74. The molecule has 1 saturated heterocycles. The number of morpholine rings is 1. The molecule has 2 rings (SSSR count). The zero-order chi connectivity index (χ0) is 11.2. The number of hydrogen-bond donors (Lipinski definition) is 1. The summed E-state index contributed by atoms with van der Waals surface area (Å²) in [5, 5.41) is 3.18. The number of aryl methyl sites for hydroxylation is 1. The first-order valence-electron chi connectivity index (χ1n) is 5.74. The van der Waals surface area contributed by atoms with E-state index in [0.717, 1.165) is 13.0 Å². The van der Waals surface area contributed by atoms with Crippen LogP contribution in [-0.2, 0) is 16.0 Å². The molecule has 1 heterocycles. The van der Waals surface area contributed by atoms with Gasteiger partial charge in [0, 0.05) is 13.0 Å². The third-order valence-electron chi connectivity index (χ3n) is 2.81. The van der Waals surface area contributed by atoms with Crippen LogP contribution in [0.5, 0.6) is 0 Å². The number of ether oxygens (including phenoxy) is 1. The Labute approximate surface area is 95.8 Å². The molecule has 1 aromatic carbocycles. The van der Waals surface area contributed by atoms with E-state index < -0.39 is 0 Å². The molecule has 0 amide bonds. The van der Waals surface area contributed by atoms with Crippen LogP contribution in [0.1, 0.15) is 12.0 Å². The van der Waals surface area contributed by atoms with E-state index in [1.807, 2.05) is 18.2 Å². The van der Waals surface area contributed by atoms with E-state index in [1.165, 1.54) is 5.56 Å². The minimum absolute atomic E-state index is 0.0996. The molecule has 0 bridgehead atoms. The Morgan fingerprint density at radius 3 is 2.88 bits per heavy atom. The predicted molar refractivity (Wildman–Crippen MR) is 62.4 cm³/mol. The van der Waals surface area contributed by atoms with Gasteiger partial charge in [0.15, 0.2) is 5.78 Å². The molecule has 0 spiro atoms. The van der Waals surface area contributed by atoms with E-state index in [2.05, 4.69) is 17.4 Å². The van der Waals surface area contributed by atoms with Crippen LogP contribution < -0.4 is 5.32 Å². The maximum absolute atomic E-state index is 11.8. The molecule has 0 radical (unpaired) electrons. The van der Waals surface area contributed by atoms with Gasteiger partial charge < -0.3 is 10.1 Å². The molecule has 1 aromatic rings. The molecule has 1 N–H and O–H groups in total. The highest BCUT2D eigenvalue weighted by Crippen LogP contribution is 2.05. The second kappa shape index (κ2) is 5.77. The fourth-order valence-corrected chi connectivity index (χ4v) is 1.86. The van der Waals surface area contributed by atoms with Gasteiger partial charge in [0.05, 0.1) is 19.3 Å². The number of rotatable bonds is 4. The fourth-order valence-electron chi connectivity index (χ4n) is 1.86. The third-order valence-corrected chi connectivity index (χ3v) is 2.81. The minimum atomic E-state index is -0.0996. The molecule has 0 aliphatic carbocycles. The Morgan fingerprint density at radius 1 is 1.38 bits per heavy atom. The fraction of sp³-hybridized carbons (Fsp3) is 0.462. The predicted octanol–water partition coefficient (Wildman–Crippen LogP) is 1.18. The van der Waals surface area contributed by atoms with E-state index in [4.69, 9.17) is 4.74 Å². The van der Waals surface area contributed by atoms with Crippen LogP contribution in [-0.4, -0.2) is 31.6 Å². The summed E-state index contributed by atoms with van der Waals surface area (Å²) in [5.41, 5.74) is 1.22. The third kappa shape index (κ3) is 3.15. The molecule has 1 atom stereocenters. The zero-order valence-electron chi connectivity index (χ0n) is 9.32. The molecule has 3 heteroatoms. The zero-order valence-corrected chi connectivity index (χ0v) is 9.32. The van der Waals surface area contributed by atoms with Crippen molar-refractivity contribution >= 4 is 5.78 Å². The number of Topliss-reactive ketones (excluding diaryl/α,β-unsaturated/α-hetero) is 1. The largest absolute Gasteiger partial charge is 0.378 e. The Kier molecular flexibility index (Phi) is 4.08. The van der Waals surface area contributed by atoms with Gasteiger partial charge in [-0.3, -0.25) is 4.79 Å². The molecule has 16 heavy (non-hydrogen) atoms. The molecule has 0 aromatic heterocycles. The lowest BCUT2D eigenvalue weighted by Gasteiger charge is -2.22. The van der Waals surface area contributed by atoms with Gasteiger partial charge in [-0.05, 0) is 12.0 Å². The van der Waals surface area contributed by atoms with E-state index in [-0.39, 0.29) is 11.8 Å². The first-order chi connectivity index (χ1) is 7.86. The summed E-state index contributed by atoms with van der Waals surface area (Å²) in [6.45, 7) is 2.01. The van der Waals surface area contributed by atoms with Crippen molar-refractivity contribution in [1.29, 1.82) is 0 Å². The van der Waals surface area contributed by atoms with Crippen LogP contribution in [0.25, 0.3) is 0 Å². The Bertz CT molecular complexity index is 331. The monoisotopic (exact) mass is 219 g/mol.